The summed E-state index contributed by atoms with van der Waals surface area (Å²) in [6, 6.07) is 4.66. The number of hydrogen-bond donors (Lipinski definition) is 1. The standard InChI is InChI=1S/C27H41NO8/c1-17(2)12-23(29)34-11-10-27(28,26(32)33-7)16-20-8-9-21(35-24(30)13-18(3)4)22(15-20)36-25(31)14-19(5)6/h8-9,15,17-19H,10-14,16,28H2,1-7H3/t27-/m1/s1. The van der Waals surface area contributed by atoms with Crippen molar-refractivity contribution in [2.24, 2.45) is 23.5 Å². The van der Waals surface area contributed by atoms with Crippen LogP contribution in [0.15, 0.2) is 18.2 Å². The highest BCUT2D eigenvalue weighted by molar-refractivity contribution is 5.81. The first-order valence-corrected chi connectivity index (χ1v) is 12.3. The number of hydrogen-bond acceptors (Lipinski definition) is 9. The Morgan fingerprint density at radius 3 is 1.81 bits per heavy atom. The summed E-state index contributed by atoms with van der Waals surface area (Å²) in [7, 11) is 1.23. The molecule has 0 fully saturated rings. The third kappa shape index (κ3) is 11.2. The van der Waals surface area contributed by atoms with E-state index in [-0.39, 0.29) is 73.9 Å². The van der Waals surface area contributed by atoms with Crippen molar-refractivity contribution in [2.75, 3.05) is 13.7 Å². The van der Waals surface area contributed by atoms with E-state index in [9.17, 15) is 19.2 Å². The van der Waals surface area contributed by atoms with Crippen LogP contribution in [0, 0.1) is 17.8 Å². The van der Waals surface area contributed by atoms with Gasteiger partial charge in [0.2, 0.25) is 0 Å². The number of carbonyl (C=O) groups excluding carboxylic acids is 4. The molecular formula is C27H41NO8. The van der Waals surface area contributed by atoms with Gasteiger partial charge in [-0.05, 0) is 35.4 Å². The SMILES string of the molecule is COC(=O)[C@@](N)(CCOC(=O)CC(C)C)Cc1ccc(OC(=O)CC(C)C)c(OC(=O)CC(C)C)c1. The number of esters is 4. The summed E-state index contributed by atoms with van der Waals surface area (Å²) in [5.41, 5.74) is 5.45. The van der Waals surface area contributed by atoms with Gasteiger partial charge in [-0.25, -0.2) is 0 Å². The second kappa shape index (κ2) is 14.6. The minimum Gasteiger partial charge on any atom is -0.468 e. The topological polar surface area (TPSA) is 131 Å². The largest absolute Gasteiger partial charge is 0.468 e. The van der Waals surface area contributed by atoms with E-state index in [1.54, 1.807) is 6.07 Å². The zero-order chi connectivity index (χ0) is 27.5. The van der Waals surface area contributed by atoms with Gasteiger partial charge in [0, 0.05) is 32.1 Å². The van der Waals surface area contributed by atoms with Crippen LogP contribution in [0.4, 0.5) is 0 Å². The highest BCUT2D eigenvalue weighted by atomic mass is 16.6. The van der Waals surface area contributed by atoms with Crippen molar-refractivity contribution in [3.8, 4) is 11.5 Å². The van der Waals surface area contributed by atoms with Crippen molar-refractivity contribution in [2.45, 2.75) is 79.2 Å². The number of nitrogens with two attached hydrogens (primary N) is 1. The lowest BCUT2D eigenvalue weighted by Gasteiger charge is -2.27. The Morgan fingerprint density at radius 2 is 1.31 bits per heavy atom. The van der Waals surface area contributed by atoms with Gasteiger partial charge in [-0.3, -0.25) is 19.2 Å². The average Bonchev–Trinajstić information content (AvgIpc) is 2.73. The fourth-order valence-electron chi connectivity index (χ4n) is 3.39. The van der Waals surface area contributed by atoms with Crippen LogP contribution in [0.5, 0.6) is 11.5 Å². The van der Waals surface area contributed by atoms with Crippen LogP contribution in [0.25, 0.3) is 0 Å². The molecule has 9 nitrogen and oxygen atoms in total. The minimum atomic E-state index is -1.50. The first-order chi connectivity index (χ1) is 16.7. The van der Waals surface area contributed by atoms with Crippen LogP contribution >= 0.6 is 0 Å². The van der Waals surface area contributed by atoms with Crippen molar-refractivity contribution in [1.29, 1.82) is 0 Å². The fraction of sp³-hybridized carbons (Fsp3) is 0.630. The third-order valence-electron chi connectivity index (χ3n) is 5.10. The summed E-state index contributed by atoms with van der Waals surface area (Å²) in [5, 5.41) is 0. The van der Waals surface area contributed by atoms with E-state index in [2.05, 4.69) is 0 Å². The van der Waals surface area contributed by atoms with Gasteiger partial charge in [0.25, 0.3) is 0 Å². The van der Waals surface area contributed by atoms with Crippen LogP contribution in [0.3, 0.4) is 0 Å². The Kier molecular flexibility index (Phi) is 12.6. The molecule has 1 aromatic carbocycles. The molecule has 0 aliphatic heterocycles. The van der Waals surface area contributed by atoms with E-state index >= 15 is 0 Å². The molecule has 0 aromatic heterocycles. The molecule has 0 unspecified atom stereocenters. The molecular weight excluding hydrogens is 466 g/mol. The van der Waals surface area contributed by atoms with Gasteiger partial charge in [-0.2, -0.15) is 0 Å². The summed E-state index contributed by atoms with van der Waals surface area (Å²) < 4.78 is 21.1. The molecule has 0 radical (unpaired) electrons. The zero-order valence-electron chi connectivity index (χ0n) is 22.6. The third-order valence-corrected chi connectivity index (χ3v) is 5.10. The fourth-order valence-corrected chi connectivity index (χ4v) is 3.39. The molecule has 36 heavy (non-hydrogen) atoms. The molecule has 0 saturated heterocycles. The Bertz CT molecular complexity index is 909. The molecule has 0 bridgehead atoms. The molecule has 0 aliphatic rings. The molecule has 1 rings (SSSR count). The van der Waals surface area contributed by atoms with Crippen LogP contribution in [0.2, 0.25) is 0 Å². The predicted octanol–water partition coefficient (Wildman–Crippen LogP) is 3.98. The molecule has 0 spiro atoms. The van der Waals surface area contributed by atoms with Gasteiger partial charge in [0.05, 0.1) is 13.7 Å². The van der Waals surface area contributed by atoms with E-state index in [1.165, 1.54) is 19.2 Å². The Balaban J connectivity index is 3.16. The second-order valence-electron chi connectivity index (χ2n) is 10.3. The molecule has 9 heteroatoms. The molecule has 202 valence electrons. The van der Waals surface area contributed by atoms with Gasteiger partial charge in [0.15, 0.2) is 11.5 Å². The van der Waals surface area contributed by atoms with E-state index < -0.39 is 23.4 Å². The van der Waals surface area contributed by atoms with Crippen molar-refractivity contribution >= 4 is 23.9 Å². The molecule has 0 heterocycles. The Hall–Kier alpha value is -2.94. The van der Waals surface area contributed by atoms with Crippen LogP contribution in [-0.2, 0) is 35.1 Å². The van der Waals surface area contributed by atoms with E-state index in [4.69, 9.17) is 24.7 Å². The van der Waals surface area contributed by atoms with Crippen LogP contribution in [0.1, 0.15) is 72.8 Å². The maximum atomic E-state index is 12.5. The Labute approximate surface area is 214 Å². The number of rotatable bonds is 14. The summed E-state index contributed by atoms with van der Waals surface area (Å²) in [6.45, 7) is 11.3. The molecule has 0 aliphatic carbocycles. The normalized spacial score (nSPS) is 12.9. The van der Waals surface area contributed by atoms with Crippen molar-refractivity contribution in [3.05, 3.63) is 23.8 Å². The highest BCUT2D eigenvalue weighted by Gasteiger charge is 2.36. The maximum absolute atomic E-state index is 12.5. The number of ether oxygens (including phenoxy) is 4. The summed E-state index contributed by atoms with van der Waals surface area (Å²) in [4.78, 5) is 49.0. The monoisotopic (exact) mass is 507 g/mol. The summed E-state index contributed by atoms with van der Waals surface area (Å²) >= 11 is 0. The molecule has 1 aromatic rings. The first-order valence-electron chi connectivity index (χ1n) is 12.3. The smallest absolute Gasteiger partial charge is 0.326 e. The Morgan fingerprint density at radius 1 is 0.806 bits per heavy atom. The van der Waals surface area contributed by atoms with Crippen LogP contribution in [-0.4, -0.2) is 43.1 Å². The molecule has 0 saturated carbocycles. The lowest BCUT2D eigenvalue weighted by atomic mass is 9.88. The predicted molar refractivity (Wildman–Crippen MR) is 134 cm³/mol. The molecule has 2 N–H and O–H groups in total. The van der Waals surface area contributed by atoms with Gasteiger partial charge < -0.3 is 24.7 Å². The lowest BCUT2D eigenvalue weighted by molar-refractivity contribution is -0.151. The second-order valence-corrected chi connectivity index (χ2v) is 10.3. The van der Waals surface area contributed by atoms with Gasteiger partial charge in [-0.15, -0.1) is 0 Å². The minimum absolute atomic E-state index is 0.0103. The molecule has 1 atom stereocenters. The van der Waals surface area contributed by atoms with Crippen molar-refractivity contribution < 1.29 is 38.1 Å². The average molecular weight is 508 g/mol. The van der Waals surface area contributed by atoms with Gasteiger partial charge in [-0.1, -0.05) is 47.6 Å². The van der Waals surface area contributed by atoms with Gasteiger partial charge in [0.1, 0.15) is 5.54 Å². The quantitative estimate of drug-likeness (QED) is 0.293. The number of benzene rings is 1. The van der Waals surface area contributed by atoms with Crippen LogP contribution < -0.4 is 15.2 Å². The maximum Gasteiger partial charge on any atom is 0.326 e. The van der Waals surface area contributed by atoms with Crippen molar-refractivity contribution in [3.63, 3.8) is 0 Å². The lowest BCUT2D eigenvalue weighted by Crippen LogP contribution is -2.51. The summed E-state index contributed by atoms with van der Waals surface area (Å²) in [6.07, 6.45) is 0.671. The van der Waals surface area contributed by atoms with E-state index in [0.29, 0.717) is 5.56 Å². The summed E-state index contributed by atoms with van der Waals surface area (Å²) in [5.74, 6) is -1.51. The molecule has 0 amide bonds. The van der Waals surface area contributed by atoms with E-state index in [0.717, 1.165) is 0 Å². The van der Waals surface area contributed by atoms with Gasteiger partial charge >= 0.3 is 23.9 Å². The van der Waals surface area contributed by atoms with E-state index in [1.807, 2.05) is 41.5 Å². The van der Waals surface area contributed by atoms with Crippen molar-refractivity contribution in [1.82, 2.24) is 0 Å². The highest BCUT2D eigenvalue weighted by Crippen LogP contribution is 2.31. The first kappa shape index (κ1) is 31.1. The number of methoxy groups -OCH3 is 1. The zero-order valence-corrected chi connectivity index (χ0v) is 22.6. The number of carbonyl (C=O) groups is 4.